The fourth-order valence-electron chi connectivity index (χ4n) is 4.64. The highest BCUT2D eigenvalue weighted by Crippen LogP contribution is 2.49. The number of benzene rings is 2. The van der Waals surface area contributed by atoms with Crippen molar-refractivity contribution < 1.29 is 9.59 Å². The van der Waals surface area contributed by atoms with Crippen molar-refractivity contribution in [2.75, 3.05) is 19.6 Å². The highest BCUT2D eigenvalue weighted by atomic mass is 79.9. The van der Waals surface area contributed by atoms with E-state index < -0.39 is 0 Å². The van der Waals surface area contributed by atoms with Gasteiger partial charge in [-0.3, -0.25) is 9.59 Å². The Morgan fingerprint density at radius 2 is 1.80 bits per heavy atom. The molecule has 30 heavy (non-hydrogen) atoms. The summed E-state index contributed by atoms with van der Waals surface area (Å²) >= 11 is 3.54. The fraction of sp³-hybridized carbons (Fsp3) is 0.440. The summed E-state index contributed by atoms with van der Waals surface area (Å²) in [5, 5.41) is 0. The third-order valence-electron chi connectivity index (χ3n) is 6.35. The van der Waals surface area contributed by atoms with Gasteiger partial charge in [-0.2, -0.15) is 0 Å². The summed E-state index contributed by atoms with van der Waals surface area (Å²) in [4.78, 5) is 30.1. The van der Waals surface area contributed by atoms with Crippen molar-refractivity contribution in [3.8, 4) is 0 Å². The quantitative estimate of drug-likeness (QED) is 0.591. The van der Waals surface area contributed by atoms with E-state index in [1.54, 1.807) is 0 Å². The summed E-state index contributed by atoms with van der Waals surface area (Å²) < 4.78 is 1.07. The van der Waals surface area contributed by atoms with Crippen LogP contribution in [0.1, 0.15) is 54.4 Å². The molecule has 2 amide bonds. The second kappa shape index (κ2) is 9.34. The molecule has 2 aromatic carbocycles. The number of carbonyl (C=O) groups is 2. The van der Waals surface area contributed by atoms with Crippen LogP contribution in [0.25, 0.3) is 0 Å². The molecule has 1 heterocycles. The van der Waals surface area contributed by atoms with Crippen LogP contribution >= 0.6 is 15.9 Å². The predicted molar refractivity (Wildman–Crippen MR) is 122 cm³/mol. The van der Waals surface area contributed by atoms with E-state index in [9.17, 15) is 9.59 Å². The molecule has 1 saturated carbocycles. The highest BCUT2D eigenvalue weighted by Gasteiger charge is 2.47. The average Bonchev–Trinajstić information content (AvgIpc) is 3.58. The summed E-state index contributed by atoms with van der Waals surface area (Å²) in [7, 11) is 0. The summed E-state index contributed by atoms with van der Waals surface area (Å²) in [5.74, 6) is 0.845. The van der Waals surface area contributed by atoms with Gasteiger partial charge in [0.25, 0.3) is 5.91 Å². The van der Waals surface area contributed by atoms with Gasteiger partial charge in [0.15, 0.2) is 0 Å². The van der Waals surface area contributed by atoms with Crippen molar-refractivity contribution >= 4 is 27.7 Å². The van der Waals surface area contributed by atoms with E-state index in [4.69, 9.17) is 0 Å². The van der Waals surface area contributed by atoms with Crippen LogP contribution in [-0.2, 0) is 4.79 Å². The van der Waals surface area contributed by atoms with Crippen LogP contribution < -0.4 is 0 Å². The van der Waals surface area contributed by atoms with Gasteiger partial charge in [-0.05, 0) is 61.4 Å². The zero-order valence-corrected chi connectivity index (χ0v) is 19.1. The minimum Gasteiger partial charge on any atom is -0.339 e. The Bertz CT molecular complexity index is 893. The Balaban J connectivity index is 1.37. The monoisotopic (exact) mass is 468 g/mol. The van der Waals surface area contributed by atoms with Gasteiger partial charge < -0.3 is 9.80 Å². The van der Waals surface area contributed by atoms with Crippen LogP contribution in [0.2, 0.25) is 0 Å². The molecule has 0 spiro atoms. The van der Waals surface area contributed by atoms with Crippen molar-refractivity contribution in [2.24, 2.45) is 5.92 Å². The van der Waals surface area contributed by atoms with Gasteiger partial charge in [0.2, 0.25) is 5.91 Å². The zero-order chi connectivity index (χ0) is 21.1. The highest BCUT2D eigenvalue weighted by molar-refractivity contribution is 9.10. The number of hydrogen-bond acceptors (Lipinski definition) is 2. The first-order chi connectivity index (χ1) is 14.6. The molecule has 158 valence electrons. The third-order valence-corrected chi connectivity index (χ3v) is 6.84. The molecule has 2 unspecified atom stereocenters. The van der Waals surface area contributed by atoms with Crippen LogP contribution in [0.15, 0.2) is 59.1 Å². The maximum absolute atomic E-state index is 13.3. The number of amides is 2. The lowest BCUT2D eigenvalue weighted by atomic mass is 10.0. The number of rotatable bonds is 6. The second-order valence-corrected chi connectivity index (χ2v) is 9.34. The first kappa shape index (κ1) is 21.1. The minimum absolute atomic E-state index is 0.0966. The standard InChI is InChI=1S/C25H29BrN2O2/c1-2-13-28(25(30)23-17-22(23)19-9-6-10-20(26)16-19)21-11-14-27(15-12-21)24(29)18-7-4-3-5-8-18/h3-10,16,21-23H,2,11-15,17H2,1H3. The average molecular weight is 469 g/mol. The van der Waals surface area contributed by atoms with Crippen LogP contribution in [0, 0.1) is 5.92 Å². The molecule has 1 aliphatic carbocycles. The lowest BCUT2D eigenvalue weighted by molar-refractivity contribution is -0.136. The van der Waals surface area contributed by atoms with Crippen LogP contribution in [0.4, 0.5) is 0 Å². The molecule has 0 radical (unpaired) electrons. The van der Waals surface area contributed by atoms with E-state index in [-0.39, 0.29) is 17.9 Å². The van der Waals surface area contributed by atoms with E-state index in [1.807, 2.05) is 47.4 Å². The molecule has 5 heteroatoms. The van der Waals surface area contributed by atoms with Gasteiger partial charge in [0.05, 0.1) is 0 Å². The van der Waals surface area contributed by atoms with Crippen molar-refractivity contribution in [3.05, 3.63) is 70.2 Å². The number of likely N-dealkylation sites (tertiary alicyclic amines) is 1. The van der Waals surface area contributed by atoms with Gasteiger partial charge in [-0.1, -0.05) is 53.2 Å². The SMILES string of the molecule is CCCN(C(=O)C1CC1c1cccc(Br)c1)C1CCN(C(=O)c2ccccc2)CC1. The molecule has 4 rings (SSSR count). The third kappa shape index (κ3) is 4.61. The molecule has 2 fully saturated rings. The Labute approximate surface area is 187 Å². The Hall–Kier alpha value is -2.14. The maximum Gasteiger partial charge on any atom is 0.253 e. The topological polar surface area (TPSA) is 40.6 Å². The van der Waals surface area contributed by atoms with Gasteiger partial charge in [-0.25, -0.2) is 0 Å². The van der Waals surface area contributed by atoms with E-state index in [2.05, 4.69) is 39.9 Å². The Morgan fingerprint density at radius 3 is 2.47 bits per heavy atom. The Morgan fingerprint density at radius 1 is 1.07 bits per heavy atom. The maximum atomic E-state index is 13.3. The first-order valence-electron chi connectivity index (χ1n) is 11.0. The second-order valence-electron chi connectivity index (χ2n) is 8.42. The molecule has 2 aromatic rings. The summed E-state index contributed by atoms with van der Waals surface area (Å²) in [6, 6.07) is 18.0. The molecule has 0 N–H and O–H groups in total. The van der Waals surface area contributed by atoms with Crippen LogP contribution in [0.3, 0.4) is 0 Å². The van der Waals surface area contributed by atoms with Crippen LogP contribution in [0.5, 0.6) is 0 Å². The molecule has 1 saturated heterocycles. The zero-order valence-electron chi connectivity index (χ0n) is 17.5. The van der Waals surface area contributed by atoms with Gasteiger partial charge in [0.1, 0.15) is 0 Å². The number of nitrogens with zero attached hydrogens (tertiary/aromatic N) is 2. The number of carbonyl (C=O) groups excluding carboxylic acids is 2. The normalized spacial score (nSPS) is 21.3. The summed E-state index contributed by atoms with van der Waals surface area (Å²) in [6.45, 7) is 4.36. The van der Waals surface area contributed by atoms with E-state index in [0.29, 0.717) is 24.9 Å². The smallest absolute Gasteiger partial charge is 0.253 e. The Kier molecular flexibility index (Phi) is 6.57. The number of halogens is 1. The molecule has 2 atom stereocenters. The van der Waals surface area contributed by atoms with Crippen molar-refractivity contribution in [2.45, 2.75) is 44.6 Å². The van der Waals surface area contributed by atoms with E-state index in [1.165, 1.54) is 5.56 Å². The first-order valence-corrected chi connectivity index (χ1v) is 11.8. The van der Waals surface area contributed by atoms with E-state index >= 15 is 0 Å². The fourth-order valence-corrected chi connectivity index (χ4v) is 5.06. The number of hydrogen-bond donors (Lipinski definition) is 0. The van der Waals surface area contributed by atoms with Crippen molar-refractivity contribution in [1.29, 1.82) is 0 Å². The lowest BCUT2D eigenvalue weighted by Crippen LogP contribution is -2.49. The van der Waals surface area contributed by atoms with Crippen LogP contribution in [-0.4, -0.2) is 47.3 Å². The number of piperidine rings is 1. The van der Waals surface area contributed by atoms with Gasteiger partial charge in [-0.15, -0.1) is 0 Å². The van der Waals surface area contributed by atoms with Gasteiger partial charge in [0, 0.05) is 41.6 Å². The summed E-state index contributed by atoms with van der Waals surface area (Å²) in [6.07, 6.45) is 3.63. The van der Waals surface area contributed by atoms with Crippen molar-refractivity contribution in [3.63, 3.8) is 0 Å². The lowest BCUT2D eigenvalue weighted by Gasteiger charge is -2.39. The molecular weight excluding hydrogens is 440 g/mol. The molecule has 0 aromatic heterocycles. The van der Waals surface area contributed by atoms with E-state index in [0.717, 1.165) is 42.3 Å². The minimum atomic E-state index is 0.0966. The molecule has 0 bridgehead atoms. The van der Waals surface area contributed by atoms with Gasteiger partial charge >= 0.3 is 0 Å². The van der Waals surface area contributed by atoms with Crippen molar-refractivity contribution in [1.82, 2.24) is 9.80 Å². The summed E-state index contributed by atoms with van der Waals surface area (Å²) in [5.41, 5.74) is 2.00. The molecule has 1 aliphatic heterocycles. The predicted octanol–water partition coefficient (Wildman–Crippen LogP) is 5.10. The molecular formula is C25H29BrN2O2. The molecule has 2 aliphatic rings. The molecule has 4 nitrogen and oxygen atoms in total. The largest absolute Gasteiger partial charge is 0.339 e.